The maximum Gasteiger partial charge on any atom is 0.0219 e. The molecule has 1 nitrogen and oxygen atoms in total. The molecule has 0 aliphatic rings. The summed E-state index contributed by atoms with van der Waals surface area (Å²) in [5, 5.41) is 0. The predicted octanol–water partition coefficient (Wildman–Crippen LogP) is 2.01. The first-order chi connectivity index (χ1) is 3.77. The quantitative estimate of drug-likeness (QED) is 0.499. The Hall–Kier alpha value is -0.300. The third kappa shape index (κ3) is 5.70. The average molecular weight is 112 g/mol. The molecule has 1 heteroatoms. The van der Waals surface area contributed by atoms with Gasteiger partial charge in [-0.2, -0.15) is 0 Å². The first kappa shape index (κ1) is 7.70. The zero-order chi connectivity index (χ0) is 6.41. The van der Waals surface area contributed by atoms with E-state index in [1.165, 1.54) is 0 Å². The second-order valence-electron chi connectivity index (χ2n) is 2.02. The SMILES string of the molecule is CC/C=C/CC(C)[NH]. The lowest BCUT2D eigenvalue weighted by Crippen LogP contribution is -1.98. The van der Waals surface area contributed by atoms with Crippen LogP contribution in [0.15, 0.2) is 12.2 Å². The maximum atomic E-state index is 7.10. The fourth-order valence-corrected chi connectivity index (χ4v) is 0.467. The van der Waals surface area contributed by atoms with Gasteiger partial charge in [0.15, 0.2) is 0 Å². The third-order valence-corrected chi connectivity index (χ3v) is 0.892. The molecule has 0 bridgehead atoms. The molecule has 0 rings (SSSR count). The van der Waals surface area contributed by atoms with Crippen molar-refractivity contribution in [2.75, 3.05) is 0 Å². The van der Waals surface area contributed by atoms with Crippen molar-refractivity contribution in [2.24, 2.45) is 0 Å². The van der Waals surface area contributed by atoms with E-state index in [9.17, 15) is 0 Å². The van der Waals surface area contributed by atoms with Gasteiger partial charge in [0.1, 0.15) is 0 Å². The van der Waals surface area contributed by atoms with E-state index < -0.39 is 0 Å². The largest absolute Gasteiger partial charge is 0.254 e. The number of hydrogen-bond acceptors (Lipinski definition) is 0. The smallest absolute Gasteiger partial charge is 0.0219 e. The Balaban J connectivity index is 3.03. The van der Waals surface area contributed by atoms with Gasteiger partial charge in [0.2, 0.25) is 0 Å². The highest BCUT2D eigenvalue weighted by atomic mass is 14.6. The highest BCUT2D eigenvalue weighted by molar-refractivity contribution is 4.82. The summed E-state index contributed by atoms with van der Waals surface area (Å²) in [5.74, 6) is 0. The number of allylic oxidation sites excluding steroid dienone is 1. The first-order valence-corrected chi connectivity index (χ1v) is 3.13. The van der Waals surface area contributed by atoms with Crippen molar-refractivity contribution in [1.82, 2.24) is 5.73 Å². The van der Waals surface area contributed by atoms with Crippen molar-refractivity contribution < 1.29 is 0 Å². The Morgan fingerprint density at radius 1 is 1.50 bits per heavy atom. The minimum Gasteiger partial charge on any atom is -0.254 e. The zero-order valence-corrected chi connectivity index (χ0v) is 5.65. The van der Waals surface area contributed by atoms with Crippen molar-refractivity contribution in [3.05, 3.63) is 12.2 Å². The topological polar surface area (TPSA) is 23.8 Å². The van der Waals surface area contributed by atoms with E-state index in [2.05, 4.69) is 19.1 Å². The van der Waals surface area contributed by atoms with E-state index in [1.54, 1.807) is 0 Å². The van der Waals surface area contributed by atoms with E-state index in [0.717, 1.165) is 12.8 Å². The van der Waals surface area contributed by atoms with Crippen LogP contribution in [0.2, 0.25) is 0 Å². The molecule has 0 aliphatic heterocycles. The van der Waals surface area contributed by atoms with E-state index in [-0.39, 0.29) is 6.04 Å². The van der Waals surface area contributed by atoms with Crippen LogP contribution in [0.4, 0.5) is 0 Å². The molecule has 0 fully saturated rings. The van der Waals surface area contributed by atoms with Gasteiger partial charge in [0.25, 0.3) is 0 Å². The molecule has 1 atom stereocenters. The third-order valence-electron chi connectivity index (χ3n) is 0.892. The Morgan fingerprint density at radius 3 is 2.50 bits per heavy atom. The molecule has 1 N–H and O–H groups in total. The van der Waals surface area contributed by atoms with Crippen molar-refractivity contribution in [3.8, 4) is 0 Å². The molecule has 0 heterocycles. The van der Waals surface area contributed by atoms with Crippen molar-refractivity contribution in [3.63, 3.8) is 0 Å². The van der Waals surface area contributed by atoms with Crippen LogP contribution in [0.5, 0.6) is 0 Å². The molecule has 1 radical (unpaired) electrons. The number of hydrogen-bond donors (Lipinski definition) is 0. The van der Waals surface area contributed by atoms with Crippen LogP contribution in [0.25, 0.3) is 0 Å². The monoisotopic (exact) mass is 112 g/mol. The molecule has 8 heavy (non-hydrogen) atoms. The highest BCUT2D eigenvalue weighted by Gasteiger charge is 1.85. The lowest BCUT2D eigenvalue weighted by atomic mass is 10.2. The average Bonchev–Trinajstić information content (AvgIpc) is 1.66. The summed E-state index contributed by atoms with van der Waals surface area (Å²) in [5.41, 5.74) is 7.10. The molecule has 0 amide bonds. The molecule has 0 saturated carbocycles. The van der Waals surface area contributed by atoms with Gasteiger partial charge in [-0.15, -0.1) is 0 Å². The lowest BCUT2D eigenvalue weighted by Gasteiger charge is -1.93. The normalized spacial score (nSPS) is 14.9. The van der Waals surface area contributed by atoms with Gasteiger partial charge in [0.05, 0.1) is 0 Å². The molecule has 0 aliphatic carbocycles. The van der Waals surface area contributed by atoms with E-state index in [0.29, 0.717) is 0 Å². The van der Waals surface area contributed by atoms with Crippen molar-refractivity contribution in [1.29, 1.82) is 0 Å². The van der Waals surface area contributed by atoms with Gasteiger partial charge >= 0.3 is 0 Å². The minimum atomic E-state index is 0.0674. The fourth-order valence-electron chi connectivity index (χ4n) is 0.467. The van der Waals surface area contributed by atoms with Crippen LogP contribution in [-0.4, -0.2) is 6.04 Å². The number of rotatable bonds is 3. The molecule has 0 aromatic heterocycles. The van der Waals surface area contributed by atoms with Gasteiger partial charge in [-0.25, -0.2) is 0 Å². The van der Waals surface area contributed by atoms with Gasteiger partial charge in [-0.05, 0) is 19.8 Å². The molecular weight excluding hydrogens is 98.1 g/mol. The van der Waals surface area contributed by atoms with Crippen molar-refractivity contribution >= 4 is 0 Å². The first-order valence-electron chi connectivity index (χ1n) is 3.13. The standard InChI is InChI=1S/C7H14N/c1-3-4-5-6-7(2)8/h4-5,7-8H,3,6H2,1-2H3/b5-4+. The summed E-state index contributed by atoms with van der Waals surface area (Å²) < 4.78 is 0. The maximum absolute atomic E-state index is 7.10. The highest BCUT2D eigenvalue weighted by Crippen LogP contribution is 1.90. The van der Waals surface area contributed by atoms with E-state index >= 15 is 0 Å². The molecular formula is C7H14N. The second kappa shape index (κ2) is 4.85. The van der Waals surface area contributed by atoms with Crippen LogP contribution >= 0.6 is 0 Å². The lowest BCUT2D eigenvalue weighted by molar-refractivity contribution is 0.731. The summed E-state index contributed by atoms with van der Waals surface area (Å²) in [4.78, 5) is 0. The van der Waals surface area contributed by atoms with Gasteiger partial charge in [-0.3, -0.25) is 5.73 Å². The molecule has 47 valence electrons. The van der Waals surface area contributed by atoms with Gasteiger partial charge in [-0.1, -0.05) is 19.1 Å². The van der Waals surface area contributed by atoms with Crippen LogP contribution in [0.1, 0.15) is 26.7 Å². The minimum absolute atomic E-state index is 0.0674. The van der Waals surface area contributed by atoms with Crippen LogP contribution in [-0.2, 0) is 0 Å². The van der Waals surface area contributed by atoms with Crippen LogP contribution in [0.3, 0.4) is 0 Å². The Morgan fingerprint density at radius 2 is 2.12 bits per heavy atom. The molecule has 1 unspecified atom stereocenters. The van der Waals surface area contributed by atoms with Gasteiger partial charge in [0, 0.05) is 6.04 Å². The summed E-state index contributed by atoms with van der Waals surface area (Å²) in [6.07, 6.45) is 6.16. The number of nitrogens with one attached hydrogen (secondary N) is 1. The molecule has 0 aromatic carbocycles. The van der Waals surface area contributed by atoms with Gasteiger partial charge < -0.3 is 0 Å². The van der Waals surface area contributed by atoms with Crippen molar-refractivity contribution in [2.45, 2.75) is 32.7 Å². The molecule has 0 aromatic rings. The summed E-state index contributed by atoms with van der Waals surface area (Å²) in [7, 11) is 0. The van der Waals surface area contributed by atoms with E-state index in [1.807, 2.05) is 6.92 Å². The Bertz CT molecular complexity index is 64.8. The zero-order valence-electron chi connectivity index (χ0n) is 5.65. The summed E-state index contributed by atoms with van der Waals surface area (Å²) in [6, 6.07) is 0.0674. The Labute approximate surface area is 51.6 Å². The van der Waals surface area contributed by atoms with Crippen LogP contribution in [0, 0.1) is 0 Å². The second-order valence-corrected chi connectivity index (χ2v) is 2.02. The Kier molecular flexibility index (Phi) is 4.67. The fraction of sp³-hybridized carbons (Fsp3) is 0.714. The molecule has 0 spiro atoms. The summed E-state index contributed by atoms with van der Waals surface area (Å²) >= 11 is 0. The van der Waals surface area contributed by atoms with E-state index in [4.69, 9.17) is 5.73 Å². The summed E-state index contributed by atoms with van der Waals surface area (Å²) in [6.45, 7) is 4.01. The van der Waals surface area contributed by atoms with Crippen LogP contribution < -0.4 is 5.73 Å². The predicted molar refractivity (Wildman–Crippen MR) is 36.6 cm³/mol. The molecule has 0 saturated heterocycles.